The Morgan fingerprint density at radius 2 is 0.952 bits per heavy atom. The molecule has 8 nitrogen and oxygen atoms in total. The number of carbonyl (C=O) groups excluding carboxylic acids is 1. The number of rotatable bonds is 47. The number of hydrogen-bond acceptors (Lipinski definition) is 5. The number of hydrogen-bond donors (Lipinski definition) is 3. The Balaban J connectivity index is 4.31. The third-order valence-corrected chi connectivity index (χ3v) is 12.5. The lowest BCUT2D eigenvalue weighted by atomic mass is 10.0. The van der Waals surface area contributed by atoms with Gasteiger partial charge in [0.2, 0.25) is 5.91 Å². The molecule has 3 unspecified atom stereocenters. The van der Waals surface area contributed by atoms with Crippen molar-refractivity contribution < 1.29 is 32.9 Å². The van der Waals surface area contributed by atoms with Crippen LogP contribution in [0.5, 0.6) is 0 Å². The van der Waals surface area contributed by atoms with Gasteiger partial charge in [-0.2, -0.15) is 0 Å². The zero-order valence-electron chi connectivity index (χ0n) is 41.8. The summed E-state index contributed by atoms with van der Waals surface area (Å²) in [6, 6.07) is -0.862. The first-order valence-corrected chi connectivity index (χ1v) is 27.7. The molecule has 0 spiro atoms. The minimum Gasteiger partial charge on any atom is -0.387 e. The quantitative estimate of drug-likeness (QED) is 0.0243. The van der Waals surface area contributed by atoms with Gasteiger partial charge in [0.25, 0.3) is 0 Å². The Hall–Kier alpha value is -1.80. The van der Waals surface area contributed by atoms with Crippen LogP contribution in [0.1, 0.15) is 226 Å². The summed E-state index contributed by atoms with van der Waals surface area (Å²) < 4.78 is 23.6. The Labute approximate surface area is 390 Å². The second-order valence-corrected chi connectivity index (χ2v) is 20.3. The third kappa shape index (κ3) is 48.0. The summed E-state index contributed by atoms with van der Waals surface area (Å²) in [4.78, 5) is 23.2. The summed E-state index contributed by atoms with van der Waals surface area (Å²) in [6.07, 6.45) is 60.2. The van der Waals surface area contributed by atoms with Crippen LogP contribution in [0, 0.1) is 0 Å². The molecule has 0 aliphatic heterocycles. The normalized spacial score (nSPS) is 14.6. The van der Waals surface area contributed by atoms with Gasteiger partial charge in [-0.3, -0.25) is 13.8 Å². The highest BCUT2D eigenvalue weighted by Gasteiger charge is 2.27. The van der Waals surface area contributed by atoms with E-state index in [4.69, 9.17) is 9.05 Å². The minimum absolute atomic E-state index is 0.0541. The predicted octanol–water partition coefficient (Wildman–Crippen LogP) is 15.4. The summed E-state index contributed by atoms with van der Waals surface area (Å²) in [5.41, 5.74) is 0. The highest BCUT2D eigenvalue weighted by Crippen LogP contribution is 2.43. The number of carbonyl (C=O) groups is 1. The van der Waals surface area contributed by atoms with E-state index in [1.165, 1.54) is 128 Å². The fourth-order valence-corrected chi connectivity index (χ4v) is 8.12. The number of nitrogens with one attached hydrogen (secondary N) is 1. The number of aliphatic hydroxyl groups excluding tert-OH is 1. The van der Waals surface area contributed by atoms with E-state index < -0.39 is 20.0 Å². The maximum atomic E-state index is 12.9. The zero-order valence-corrected chi connectivity index (χ0v) is 42.7. The zero-order chi connectivity index (χ0) is 46.4. The van der Waals surface area contributed by atoms with Gasteiger partial charge in [-0.25, -0.2) is 4.57 Å². The Bertz CT molecular complexity index is 1210. The lowest BCUT2D eigenvalue weighted by Crippen LogP contribution is -2.45. The molecule has 0 rings (SSSR count). The van der Waals surface area contributed by atoms with E-state index in [0.29, 0.717) is 17.4 Å². The van der Waals surface area contributed by atoms with Crippen molar-refractivity contribution >= 4 is 13.7 Å². The van der Waals surface area contributed by atoms with Crippen molar-refractivity contribution in [3.05, 3.63) is 60.8 Å². The summed E-state index contributed by atoms with van der Waals surface area (Å²) in [5, 5.41) is 13.9. The summed E-state index contributed by atoms with van der Waals surface area (Å²) in [5.74, 6) is -0.201. The van der Waals surface area contributed by atoms with Gasteiger partial charge in [0.05, 0.1) is 39.9 Å². The SMILES string of the molecule is CC/C=C\C/C=C\C/C=C\C/C=C\CCCCCCC(=O)NC(COP(=O)(O)OCC[N+](C)(C)C)C(O)/C=C/CCCCCCCCCCCCCCCCCCCCCCCC. The van der Waals surface area contributed by atoms with Crippen LogP contribution in [-0.4, -0.2) is 73.4 Å². The standard InChI is InChI=1S/C54H101N2O6P/c1-6-8-10-12-14-16-18-20-22-24-25-26-27-28-29-30-32-33-35-37-39-41-43-45-47-53(57)52(51-62-63(59,60)61-50-49-56(3,4)5)55-54(58)48-46-44-42-40-38-36-34-31-23-21-19-17-15-13-11-9-7-2/h9,11,15,17,21,23,34,36,45,47,52-53,57H,6-8,10,12-14,16,18-20,22,24-33,35,37-44,46,48-51H2,1-5H3,(H-,55,58,59,60)/p+1/b11-9-,17-15-,23-21-,36-34-,47-45+. The first-order chi connectivity index (χ1) is 30.5. The molecule has 368 valence electrons. The largest absolute Gasteiger partial charge is 0.472 e. The average Bonchev–Trinajstić information content (AvgIpc) is 3.24. The number of aliphatic hydroxyl groups is 1. The first-order valence-electron chi connectivity index (χ1n) is 26.2. The molecule has 0 aromatic heterocycles. The predicted molar refractivity (Wildman–Crippen MR) is 272 cm³/mol. The maximum absolute atomic E-state index is 12.9. The second-order valence-electron chi connectivity index (χ2n) is 18.9. The van der Waals surface area contributed by atoms with E-state index in [2.05, 4.69) is 67.8 Å². The molecule has 1 amide bonds. The first kappa shape index (κ1) is 61.2. The Kier molecular flexibility index (Phi) is 44.1. The van der Waals surface area contributed by atoms with Gasteiger partial charge in [-0.05, 0) is 57.8 Å². The number of allylic oxidation sites excluding steroid dienone is 9. The van der Waals surface area contributed by atoms with E-state index in [-0.39, 0.29) is 19.1 Å². The monoisotopic (exact) mass is 906 g/mol. The van der Waals surface area contributed by atoms with E-state index in [0.717, 1.165) is 77.0 Å². The van der Waals surface area contributed by atoms with Crippen LogP contribution in [-0.2, 0) is 18.4 Å². The number of phosphoric ester groups is 1. The van der Waals surface area contributed by atoms with Crippen LogP contribution in [0.2, 0.25) is 0 Å². The number of amides is 1. The van der Waals surface area contributed by atoms with Gasteiger partial charge in [0, 0.05) is 6.42 Å². The molecule has 0 heterocycles. The number of quaternary nitrogens is 1. The Morgan fingerprint density at radius 1 is 0.556 bits per heavy atom. The van der Waals surface area contributed by atoms with E-state index in [1.54, 1.807) is 6.08 Å². The second kappa shape index (κ2) is 45.4. The van der Waals surface area contributed by atoms with Gasteiger partial charge in [0.15, 0.2) is 0 Å². The van der Waals surface area contributed by atoms with E-state index in [1.807, 2.05) is 27.2 Å². The molecule has 0 aromatic carbocycles. The van der Waals surface area contributed by atoms with Gasteiger partial charge in [-0.15, -0.1) is 0 Å². The molecule has 3 N–H and O–H groups in total. The number of unbranched alkanes of at least 4 members (excludes halogenated alkanes) is 26. The molecule has 0 aromatic rings. The molecule has 0 saturated heterocycles. The molecule has 0 fully saturated rings. The average molecular weight is 906 g/mol. The molecule has 63 heavy (non-hydrogen) atoms. The molecule has 0 aliphatic carbocycles. The molecule has 3 atom stereocenters. The van der Waals surface area contributed by atoms with Crippen molar-refractivity contribution in [3.63, 3.8) is 0 Å². The molecular formula is C54H102N2O6P+. The molecule has 9 heteroatoms. The summed E-state index contributed by atoms with van der Waals surface area (Å²) in [7, 11) is 1.55. The smallest absolute Gasteiger partial charge is 0.387 e. The topological polar surface area (TPSA) is 105 Å². The molecule has 0 bridgehead atoms. The van der Waals surface area contributed by atoms with E-state index >= 15 is 0 Å². The van der Waals surface area contributed by atoms with Crippen molar-refractivity contribution in [2.24, 2.45) is 0 Å². The number of phosphoric acid groups is 1. The fraction of sp³-hybridized carbons (Fsp3) is 0.796. The van der Waals surface area contributed by atoms with Crippen LogP contribution >= 0.6 is 7.82 Å². The van der Waals surface area contributed by atoms with Crippen molar-refractivity contribution in [3.8, 4) is 0 Å². The van der Waals surface area contributed by atoms with Gasteiger partial charge in [0.1, 0.15) is 13.2 Å². The molecule has 0 aliphatic rings. The van der Waals surface area contributed by atoms with Crippen LogP contribution in [0.3, 0.4) is 0 Å². The molecule has 0 saturated carbocycles. The summed E-state index contributed by atoms with van der Waals surface area (Å²) >= 11 is 0. The lowest BCUT2D eigenvalue weighted by Gasteiger charge is -2.25. The van der Waals surface area contributed by atoms with Gasteiger partial charge < -0.3 is 19.8 Å². The molecule has 0 radical (unpaired) electrons. The van der Waals surface area contributed by atoms with Gasteiger partial charge >= 0.3 is 7.82 Å². The van der Waals surface area contributed by atoms with E-state index in [9.17, 15) is 19.4 Å². The molecular weight excluding hydrogens is 804 g/mol. The number of likely N-dealkylation sites (N-methyl/N-ethyl adjacent to an activating group) is 1. The minimum atomic E-state index is -4.35. The van der Waals surface area contributed by atoms with Gasteiger partial charge in [-0.1, -0.05) is 222 Å². The van der Waals surface area contributed by atoms with Crippen molar-refractivity contribution in [2.75, 3.05) is 40.9 Å². The maximum Gasteiger partial charge on any atom is 0.472 e. The third-order valence-electron chi connectivity index (χ3n) is 11.5. The summed E-state index contributed by atoms with van der Waals surface area (Å²) in [6.45, 7) is 4.69. The van der Waals surface area contributed by atoms with Crippen LogP contribution in [0.15, 0.2) is 60.8 Å². The fourth-order valence-electron chi connectivity index (χ4n) is 7.39. The number of nitrogens with zero attached hydrogens (tertiary/aromatic N) is 1. The van der Waals surface area contributed by atoms with Crippen molar-refractivity contribution in [2.45, 2.75) is 238 Å². The van der Waals surface area contributed by atoms with Crippen LogP contribution in [0.25, 0.3) is 0 Å². The van der Waals surface area contributed by atoms with Crippen molar-refractivity contribution in [1.82, 2.24) is 5.32 Å². The highest BCUT2D eigenvalue weighted by atomic mass is 31.2. The lowest BCUT2D eigenvalue weighted by molar-refractivity contribution is -0.870. The van der Waals surface area contributed by atoms with Crippen LogP contribution in [0.4, 0.5) is 0 Å². The highest BCUT2D eigenvalue weighted by molar-refractivity contribution is 7.47. The Morgan fingerprint density at radius 3 is 1.40 bits per heavy atom. The van der Waals surface area contributed by atoms with Crippen LogP contribution < -0.4 is 5.32 Å². The van der Waals surface area contributed by atoms with Crippen molar-refractivity contribution in [1.29, 1.82) is 0 Å².